The monoisotopic (exact) mass is 432 g/mol. The summed E-state index contributed by atoms with van der Waals surface area (Å²) in [5, 5.41) is 7.99. The van der Waals surface area contributed by atoms with E-state index in [-0.39, 0.29) is 24.0 Å². The maximum Gasteiger partial charge on any atom is 0.191 e. The van der Waals surface area contributed by atoms with Gasteiger partial charge in [-0.1, -0.05) is 18.2 Å². The minimum Gasteiger partial charge on any atom is -0.361 e. The number of aliphatic imine (C=N–C) groups is 1. The number of halogens is 1. The van der Waals surface area contributed by atoms with Crippen molar-refractivity contribution in [3.8, 4) is 0 Å². The van der Waals surface area contributed by atoms with Crippen LogP contribution in [0.1, 0.15) is 12.5 Å². The molecule has 0 saturated heterocycles. The molecule has 0 unspecified atom stereocenters. The molecule has 0 aliphatic carbocycles. The third-order valence-corrected chi connectivity index (χ3v) is 3.86. The van der Waals surface area contributed by atoms with Gasteiger partial charge in [-0.2, -0.15) is 11.8 Å². The Labute approximate surface area is 154 Å². The number of hydrogen-bond acceptors (Lipinski definition) is 2. The van der Waals surface area contributed by atoms with E-state index in [4.69, 9.17) is 0 Å². The van der Waals surface area contributed by atoms with Gasteiger partial charge < -0.3 is 15.6 Å². The van der Waals surface area contributed by atoms with E-state index < -0.39 is 0 Å². The summed E-state index contributed by atoms with van der Waals surface area (Å²) >= 11 is 1.82. The normalized spacial score (nSPS) is 11.3. The number of para-hydroxylation sites is 1. The Bertz CT molecular complexity index is 582. The van der Waals surface area contributed by atoms with Gasteiger partial charge in [-0.3, -0.25) is 4.99 Å². The van der Waals surface area contributed by atoms with Crippen molar-refractivity contribution in [3.63, 3.8) is 0 Å². The van der Waals surface area contributed by atoms with Crippen molar-refractivity contribution in [1.29, 1.82) is 0 Å². The van der Waals surface area contributed by atoms with Crippen molar-refractivity contribution in [2.75, 3.05) is 31.6 Å². The van der Waals surface area contributed by atoms with Crippen LogP contribution in [0, 0.1) is 0 Å². The van der Waals surface area contributed by atoms with Crippen LogP contribution >= 0.6 is 35.7 Å². The number of rotatable bonds is 7. The fraction of sp³-hybridized carbons (Fsp3) is 0.438. The van der Waals surface area contributed by atoms with Crippen LogP contribution in [0.5, 0.6) is 0 Å². The zero-order valence-electron chi connectivity index (χ0n) is 13.2. The van der Waals surface area contributed by atoms with E-state index in [0.29, 0.717) is 0 Å². The number of fused-ring (bicyclic) bond motifs is 1. The molecule has 0 spiro atoms. The summed E-state index contributed by atoms with van der Waals surface area (Å²) in [4.78, 5) is 7.87. The van der Waals surface area contributed by atoms with Crippen molar-refractivity contribution >= 4 is 52.6 Å². The number of aromatic amines is 1. The molecule has 2 rings (SSSR count). The van der Waals surface area contributed by atoms with Crippen LogP contribution in [-0.2, 0) is 6.42 Å². The van der Waals surface area contributed by atoms with Crippen LogP contribution < -0.4 is 10.6 Å². The zero-order chi connectivity index (χ0) is 14.9. The summed E-state index contributed by atoms with van der Waals surface area (Å²) in [6.07, 6.45) is 5.19. The molecule has 1 heterocycles. The van der Waals surface area contributed by atoms with Crippen LogP contribution in [0.15, 0.2) is 35.5 Å². The molecule has 0 atom stereocenters. The van der Waals surface area contributed by atoms with Crippen LogP contribution in [0.4, 0.5) is 0 Å². The molecule has 3 N–H and O–H groups in total. The third kappa shape index (κ3) is 5.72. The standard InChI is InChI=1S/C16H24N4S.HI/c1-3-17-16(19-10-11-21-2)18-9-8-13-12-20-15-7-5-4-6-14(13)15;/h4-7,12,20H,3,8-11H2,1-2H3,(H2,17,18,19);1H. The van der Waals surface area contributed by atoms with E-state index in [1.54, 1.807) is 0 Å². The van der Waals surface area contributed by atoms with Gasteiger partial charge in [0.15, 0.2) is 5.96 Å². The quantitative estimate of drug-likeness (QED) is 0.273. The Hall–Kier alpha value is -0.890. The molecule has 22 heavy (non-hydrogen) atoms. The number of guanidine groups is 1. The number of thioether (sulfide) groups is 1. The van der Waals surface area contributed by atoms with Gasteiger partial charge >= 0.3 is 0 Å². The highest BCUT2D eigenvalue weighted by molar-refractivity contribution is 14.0. The maximum atomic E-state index is 4.55. The first-order chi connectivity index (χ1) is 10.3. The van der Waals surface area contributed by atoms with Gasteiger partial charge in [0, 0.05) is 35.9 Å². The van der Waals surface area contributed by atoms with Crippen molar-refractivity contribution in [1.82, 2.24) is 15.6 Å². The summed E-state index contributed by atoms with van der Waals surface area (Å²) in [5.41, 5.74) is 2.55. The fourth-order valence-corrected chi connectivity index (χ4v) is 2.52. The number of aromatic nitrogens is 1. The predicted octanol–water partition coefficient (Wildman–Crippen LogP) is 3.25. The second-order valence-corrected chi connectivity index (χ2v) is 5.78. The molecule has 0 saturated carbocycles. The van der Waals surface area contributed by atoms with Crippen LogP contribution in [-0.4, -0.2) is 42.6 Å². The Morgan fingerprint density at radius 1 is 1.27 bits per heavy atom. The molecular weight excluding hydrogens is 407 g/mol. The Morgan fingerprint density at radius 2 is 2.09 bits per heavy atom. The molecule has 6 heteroatoms. The van der Waals surface area contributed by atoms with Crippen molar-refractivity contribution in [2.24, 2.45) is 4.99 Å². The topological polar surface area (TPSA) is 52.2 Å². The molecule has 0 amide bonds. The molecule has 1 aromatic heterocycles. The average molecular weight is 432 g/mol. The molecule has 0 bridgehead atoms. The zero-order valence-corrected chi connectivity index (χ0v) is 16.3. The fourth-order valence-electron chi connectivity index (χ4n) is 2.24. The van der Waals surface area contributed by atoms with Gasteiger partial charge in [-0.25, -0.2) is 0 Å². The molecule has 0 aliphatic rings. The van der Waals surface area contributed by atoms with Crippen molar-refractivity contribution in [2.45, 2.75) is 13.3 Å². The lowest BCUT2D eigenvalue weighted by molar-refractivity contribution is 0.806. The molecule has 0 aliphatic heterocycles. The number of nitrogens with one attached hydrogen (secondary N) is 3. The van der Waals surface area contributed by atoms with Crippen LogP contribution in [0.2, 0.25) is 0 Å². The summed E-state index contributed by atoms with van der Waals surface area (Å²) in [6.45, 7) is 4.71. The second-order valence-electron chi connectivity index (χ2n) is 4.79. The van der Waals surface area contributed by atoms with E-state index >= 15 is 0 Å². The molecule has 1 aromatic carbocycles. The lowest BCUT2D eigenvalue weighted by Gasteiger charge is -2.10. The highest BCUT2D eigenvalue weighted by Crippen LogP contribution is 2.17. The lowest BCUT2D eigenvalue weighted by atomic mass is 10.1. The number of benzene rings is 1. The summed E-state index contributed by atoms with van der Waals surface area (Å²) in [5.74, 6) is 1.96. The average Bonchev–Trinajstić information content (AvgIpc) is 2.91. The number of hydrogen-bond donors (Lipinski definition) is 3. The molecular formula is C16H25IN4S. The first-order valence-electron chi connectivity index (χ1n) is 7.41. The first-order valence-corrected chi connectivity index (χ1v) is 8.80. The molecule has 0 radical (unpaired) electrons. The summed E-state index contributed by atoms with van der Waals surface area (Å²) < 4.78 is 0. The molecule has 4 nitrogen and oxygen atoms in total. The Balaban J connectivity index is 0.00000242. The predicted molar refractivity (Wildman–Crippen MR) is 110 cm³/mol. The van der Waals surface area contributed by atoms with E-state index in [0.717, 1.165) is 37.8 Å². The third-order valence-electron chi connectivity index (χ3n) is 3.27. The number of nitrogens with zero attached hydrogens (tertiary/aromatic N) is 1. The largest absolute Gasteiger partial charge is 0.361 e. The van der Waals surface area contributed by atoms with Gasteiger partial charge in [0.2, 0.25) is 0 Å². The highest BCUT2D eigenvalue weighted by atomic mass is 127. The minimum absolute atomic E-state index is 0. The van der Waals surface area contributed by atoms with Crippen molar-refractivity contribution in [3.05, 3.63) is 36.0 Å². The Kier molecular flexibility index (Phi) is 9.38. The number of H-pyrrole nitrogens is 1. The maximum absolute atomic E-state index is 4.55. The van der Waals surface area contributed by atoms with E-state index in [1.807, 2.05) is 11.8 Å². The molecule has 2 aromatic rings. The van der Waals surface area contributed by atoms with E-state index in [1.165, 1.54) is 16.5 Å². The first kappa shape index (κ1) is 19.2. The van der Waals surface area contributed by atoms with E-state index in [2.05, 4.69) is 64.3 Å². The second kappa shape index (κ2) is 10.8. The van der Waals surface area contributed by atoms with Crippen molar-refractivity contribution < 1.29 is 0 Å². The smallest absolute Gasteiger partial charge is 0.191 e. The van der Waals surface area contributed by atoms with Gasteiger partial charge in [0.05, 0.1) is 6.54 Å². The summed E-state index contributed by atoms with van der Waals surface area (Å²) in [6, 6.07) is 8.42. The lowest BCUT2D eigenvalue weighted by Crippen LogP contribution is -2.38. The van der Waals surface area contributed by atoms with Crippen LogP contribution in [0.25, 0.3) is 10.9 Å². The molecule has 0 fully saturated rings. The van der Waals surface area contributed by atoms with Crippen LogP contribution in [0.3, 0.4) is 0 Å². The van der Waals surface area contributed by atoms with Gasteiger partial charge in [-0.15, -0.1) is 24.0 Å². The highest BCUT2D eigenvalue weighted by Gasteiger charge is 2.03. The van der Waals surface area contributed by atoms with Gasteiger partial charge in [0.1, 0.15) is 0 Å². The van der Waals surface area contributed by atoms with Gasteiger partial charge in [-0.05, 0) is 31.2 Å². The summed E-state index contributed by atoms with van der Waals surface area (Å²) in [7, 11) is 0. The van der Waals surface area contributed by atoms with Gasteiger partial charge in [0.25, 0.3) is 0 Å². The SMILES string of the molecule is CCNC(=NCCSC)NCCc1c[nH]c2ccccc12.I. The molecule has 122 valence electrons. The van der Waals surface area contributed by atoms with E-state index in [9.17, 15) is 0 Å². The Morgan fingerprint density at radius 3 is 2.86 bits per heavy atom. The minimum atomic E-state index is 0.